The Morgan fingerprint density at radius 1 is 1.00 bits per heavy atom. The number of methoxy groups -OCH3 is 2. The summed E-state index contributed by atoms with van der Waals surface area (Å²) in [4.78, 5) is 21.2. The molecule has 0 aliphatic heterocycles. The first-order valence-electron chi connectivity index (χ1n) is 3.97. The zero-order valence-corrected chi connectivity index (χ0v) is 8.44. The van der Waals surface area contributed by atoms with Crippen LogP contribution < -0.4 is 0 Å². The fourth-order valence-electron chi connectivity index (χ4n) is 0.537. The molecule has 0 radical (unpaired) electrons. The van der Waals surface area contributed by atoms with Gasteiger partial charge in [-0.1, -0.05) is 0 Å². The maximum Gasteiger partial charge on any atom is 0.454 e. The van der Waals surface area contributed by atoms with E-state index in [0.29, 0.717) is 0 Å². The third-order valence-corrected chi connectivity index (χ3v) is 1.33. The van der Waals surface area contributed by atoms with E-state index in [1.54, 1.807) is 6.82 Å². The second kappa shape index (κ2) is 7.34. The van der Waals surface area contributed by atoms with Crippen molar-refractivity contribution in [3.8, 4) is 0 Å². The van der Waals surface area contributed by atoms with Gasteiger partial charge in [0.15, 0.2) is 0 Å². The van der Waals surface area contributed by atoms with E-state index < -0.39 is 19.1 Å². The molecule has 0 aromatic rings. The third kappa shape index (κ3) is 6.44. The number of ether oxygens (including phenoxy) is 2. The summed E-state index contributed by atoms with van der Waals surface area (Å²) < 4.78 is 18.4. The fraction of sp³-hybridized carbons (Fsp3) is 0.714. The molecule has 0 N–H and O–H groups in total. The van der Waals surface area contributed by atoms with Crippen molar-refractivity contribution in [3.05, 3.63) is 0 Å². The summed E-state index contributed by atoms with van der Waals surface area (Å²) in [7, 11) is 1.85. The van der Waals surface area contributed by atoms with Crippen LogP contribution in [0.5, 0.6) is 0 Å². The minimum absolute atomic E-state index is 0.209. The number of hydrogen-bond donors (Lipinski definition) is 0. The molecule has 0 fully saturated rings. The molecule has 0 aliphatic rings. The van der Waals surface area contributed by atoms with E-state index in [1.807, 2.05) is 0 Å². The van der Waals surface area contributed by atoms with E-state index >= 15 is 0 Å². The van der Waals surface area contributed by atoms with E-state index in [9.17, 15) is 9.59 Å². The summed E-state index contributed by atoms with van der Waals surface area (Å²) in [5.74, 6) is -1.00. The van der Waals surface area contributed by atoms with Gasteiger partial charge in [0.2, 0.25) is 0 Å². The number of carbonyl (C=O) groups is 2. The van der Waals surface area contributed by atoms with Crippen LogP contribution in [0.15, 0.2) is 0 Å². The van der Waals surface area contributed by atoms with E-state index in [2.05, 4.69) is 9.47 Å². The van der Waals surface area contributed by atoms with E-state index in [1.165, 1.54) is 14.2 Å². The largest absolute Gasteiger partial charge is 0.467 e. The predicted octanol–water partition coefficient (Wildman–Crippen LogP) is -0.516. The van der Waals surface area contributed by atoms with Gasteiger partial charge in [-0.2, -0.15) is 0 Å². The van der Waals surface area contributed by atoms with Gasteiger partial charge in [-0.25, -0.2) is 9.59 Å². The molecule has 0 heterocycles. The molecule has 0 spiro atoms. The lowest BCUT2D eigenvalue weighted by atomic mass is 9.95. The molecule has 7 heteroatoms. The molecule has 0 atom stereocenters. The minimum Gasteiger partial charge on any atom is -0.467 e. The Bertz CT molecular complexity index is 175. The van der Waals surface area contributed by atoms with Crippen LogP contribution in [0, 0.1) is 0 Å². The van der Waals surface area contributed by atoms with Crippen molar-refractivity contribution in [2.75, 3.05) is 27.4 Å². The molecule has 0 aromatic heterocycles. The Hall–Kier alpha value is -1.08. The average Bonchev–Trinajstić information content (AvgIpc) is 2.22. The fourth-order valence-corrected chi connectivity index (χ4v) is 0.537. The van der Waals surface area contributed by atoms with Crippen LogP contribution in [0.25, 0.3) is 0 Å². The molecule has 0 aliphatic carbocycles. The maximum absolute atomic E-state index is 10.6. The number of esters is 2. The zero-order chi connectivity index (χ0) is 11.0. The molecule has 0 saturated carbocycles. The quantitative estimate of drug-likeness (QED) is 0.428. The summed E-state index contributed by atoms with van der Waals surface area (Å²) in [6, 6.07) is 0. The van der Waals surface area contributed by atoms with Crippen molar-refractivity contribution in [3.63, 3.8) is 0 Å². The van der Waals surface area contributed by atoms with Crippen molar-refractivity contribution >= 4 is 19.1 Å². The van der Waals surface area contributed by atoms with Crippen LogP contribution in [0.2, 0.25) is 6.82 Å². The van der Waals surface area contributed by atoms with Crippen molar-refractivity contribution in [2.24, 2.45) is 0 Å². The second-order valence-electron chi connectivity index (χ2n) is 2.34. The maximum atomic E-state index is 10.6. The van der Waals surface area contributed by atoms with Gasteiger partial charge in [0.05, 0.1) is 14.2 Å². The molecule has 0 rings (SSSR count). The molecule has 0 unspecified atom stereocenters. The van der Waals surface area contributed by atoms with Crippen LogP contribution in [-0.4, -0.2) is 46.5 Å². The molecule has 0 amide bonds. The van der Waals surface area contributed by atoms with Crippen LogP contribution >= 0.6 is 0 Å². The van der Waals surface area contributed by atoms with Crippen molar-refractivity contribution < 1.29 is 28.4 Å². The Morgan fingerprint density at radius 3 is 1.64 bits per heavy atom. The van der Waals surface area contributed by atoms with Crippen LogP contribution in [-0.2, 0) is 28.4 Å². The summed E-state index contributed by atoms with van der Waals surface area (Å²) in [6.45, 7) is 1.14. The number of rotatable bonds is 6. The van der Waals surface area contributed by atoms with Gasteiger partial charge in [0.25, 0.3) is 0 Å². The first-order chi connectivity index (χ1) is 6.60. The van der Waals surface area contributed by atoms with Crippen LogP contribution in [0.4, 0.5) is 0 Å². The molecule has 14 heavy (non-hydrogen) atoms. The van der Waals surface area contributed by atoms with Gasteiger partial charge < -0.3 is 18.8 Å². The lowest BCUT2D eigenvalue weighted by Gasteiger charge is -2.08. The summed E-state index contributed by atoms with van der Waals surface area (Å²) in [5.41, 5.74) is 0. The summed E-state index contributed by atoms with van der Waals surface area (Å²) in [5, 5.41) is 0. The van der Waals surface area contributed by atoms with Gasteiger partial charge in [0, 0.05) is 0 Å². The SMILES string of the molecule is COC(=O)COB(C)OCC(=O)OC. The lowest BCUT2D eigenvalue weighted by Crippen LogP contribution is -2.26. The van der Waals surface area contributed by atoms with Gasteiger partial charge in [-0.05, 0) is 6.82 Å². The van der Waals surface area contributed by atoms with Crippen molar-refractivity contribution in [2.45, 2.75) is 6.82 Å². The van der Waals surface area contributed by atoms with Crippen LogP contribution in [0.1, 0.15) is 0 Å². The molecule has 6 nitrogen and oxygen atoms in total. The Kier molecular flexibility index (Phi) is 6.78. The molecule has 0 bridgehead atoms. The van der Waals surface area contributed by atoms with Crippen LogP contribution in [0.3, 0.4) is 0 Å². The first kappa shape index (κ1) is 12.9. The topological polar surface area (TPSA) is 71.1 Å². The highest BCUT2D eigenvalue weighted by Gasteiger charge is 2.14. The molecular formula is C7H13BO6. The molecule has 80 valence electrons. The minimum atomic E-state index is -0.659. The predicted molar refractivity (Wildman–Crippen MR) is 47.6 cm³/mol. The summed E-state index contributed by atoms with van der Waals surface area (Å²) in [6.07, 6.45) is 0. The standard InChI is InChI=1S/C7H13BO6/c1-8(13-4-6(9)11-2)14-5-7(10)12-3/h4-5H2,1-3H3. The Labute approximate surface area is 82.6 Å². The normalized spacial score (nSPS) is 9.36. The van der Waals surface area contributed by atoms with E-state index in [0.717, 1.165) is 0 Å². The Balaban J connectivity index is 3.50. The highest BCUT2D eigenvalue weighted by molar-refractivity contribution is 6.42. The molecule has 0 saturated heterocycles. The highest BCUT2D eigenvalue weighted by atomic mass is 16.6. The molecular weight excluding hydrogens is 191 g/mol. The van der Waals surface area contributed by atoms with Gasteiger partial charge in [0.1, 0.15) is 13.2 Å². The lowest BCUT2D eigenvalue weighted by molar-refractivity contribution is -0.144. The monoisotopic (exact) mass is 204 g/mol. The number of carbonyl (C=O) groups excluding carboxylic acids is 2. The third-order valence-electron chi connectivity index (χ3n) is 1.33. The zero-order valence-electron chi connectivity index (χ0n) is 8.44. The van der Waals surface area contributed by atoms with Gasteiger partial charge >= 0.3 is 19.1 Å². The smallest absolute Gasteiger partial charge is 0.454 e. The highest BCUT2D eigenvalue weighted by Crippen LogP contribution is 1.90. The second-order valence-corrected chi connectivity index (χ2v) is 2.34. The van der Waals surface area contributed by atoms with Crippen molar-refractivity contribution in [1.82, 2.24) is 0 Å². The van der Waals surface area contributed by atoms with Gasteiger partial charge in [-0.15, -0.1) is 0 Å². The Morgan fingerprint density at radius 2 is 1.36 bits per heavy atom. The van der Waals surface area contributed by atoms with Gasteiger partial charge in [-0.3, -0.25) is 0 Å². The first-order valence-corrected chi connectivity index (χ1v) is 3.97. The van der Waals surface area contributed by atoms with E-state index in [4.69, 9.17) is 9.31 Å². The average molecular weight is 204 g/mol. The summed E-state index contributed by atoms with van der Waals surface area (Å²) >= 11 is 0. The molecule has 0 aromatic carbocycles. The number of hydrogen-bond acceptors (Lipinski definition) is 6. The van der Waals surface area contributed by atoms with Crippen molar-refractivity contribution in [1.29, 1.82) is 0 Å². The van der Waals surface area contributed by atoms with E-state index in [-0.39, 0.29) is 13.2 Å².